The summed E-state index contributed by atoms with van der Waals surface area (Å²) in [5.74, 6) is 0.889. The molecule has 3 aromatic rings. The largest absolute Gasteiger partial charge is 0.457 e. The molecular formula is C21H13BrClNO3S. The minimum Gasteiger partial charge on any atom is -0.457 e. The minimum absolute atomic E-state index is 0.210. The molecule has 140 valence electrons. The van der Waals surface area contributed by atoms with E-state index >= 15 is 0 Å². The van der Waals surface area contributed by atoms with Gasteiger partial charge in [-0.05, 0) is 53.7 Å². The number of benzene rings is 2. The first kappa shape index (κ1) is 19.1. The SMILES string of the molecule is O=C1S/C(=C\c2ccc(-c3ccc(Br)cc3)o2)C(=O)N1Cc1ccc(Cl)cc1. The summed E-state index contributed by atoms with van der Waals surface area (Å²) in [6, 6.07) is 18.4. The normalized spacial score (nSPS) is 15.6. The van der Waals surface area contributed by atoms with E-state index < -0.39 is 0 Å². The number of halogens is 2. The zero-order valence-corrected chi connectivity index (χ0v) is 17.6. The van der Waals surface area contributed by atoms with E-state index in [2.05, 4.69) is 15.9 Å². The van der Waals surface area contributed by atoms with Gasteiger partial charge < -0.3 is 4.42 Å². The van der Waals surface area contributed by atoms with Crippen LogP contribution in [-0.2, 0) is 11.3 Å². The van der Waals surface area contributed by atoms with Crippen LogP contribution in [0.4, 0.5) is 4.79 Å². The van der Waals surface area contributed by atoms with E-state index in [0.717, 1.165) is 27.4 Å². The summed E-state index contributed by atoms with van der Waals surface area (Å²) in [4.78, 5) is 26.5. The van der Waals surface area contributed by atoms with Crippen molar-refractivity contribution in [2.45, 2.75) is 6.54 Å². The Morgan fingerprint density at radius 3 is 2.43 bits per heavy atom. The molecule has 0 bridgehead atoms. The Hall–Kier alpha value is -2.28. The summed E-state index contributed by atoms with van der Waals surface area (Å²) in [7, 11) is 0. The van der Waals surface area contributed by atoms with Gasteiger partial charge in [0.15, 0.2) is 0 Å². The summed E-state index contributed by atoms with van der Waals surface area (Å²) in [5, 5.41) is 0.308. The second-order valence-corrected chi connectivity index (χ2v) is 8.45. The lowest BCUT2D eigenvalue weighted by atomic mass is 10.2. The average Bonchev–Trinajstić information content (AvgIpc) is 3.24. The molecule has 1 saturated heterocycles. The zero-order chi connectivity index (χ0) is 19.7. The molecule has 0 aliphatic carbocycles. The molecule has 1 aliphatic rings. The van der Waals surface area contributed by atoms with Gasteiger partial charge >= 0.3 is 0 Å². The van der Waals surface area contributed by atoms with Crippen LogP contribution in [0.3, 0.4) is 0 Å². The summed E-state index contributed by atoms with van der Waals surface area (Å²) in [6.45, 7) is 0.210. The smallest absolute Gasteiger partial charge is 0.293 e. The molecule has 1 fully saturated rings. The predicted molar refractivity (Wildman–Crippen MR) is 115 cm³/mol. The lowest BCUT2D eigenvalue weighted by Crippen LogP contribution is -2.27. The summed E-state index contributed by atoms with van der Waals surface area (Å²) in [6.07, 6.45) is 1.61. The molecule has 0 N–H and O–H groups in total. The molecular weight excluding hydrogens is 462 g/mol. The van der Waals surface area contributed by atoms with Crippen molar-refractivity contribution >= 4 is 56.5 Å². The van der Waals surface area contributed by atoms with Gasteiger partial charge in [0.25, 0.3) is 11.1 Å². The van der Waals surface area contributed by atoms with Crippen LogP contribution >= 0.6 is 39.3 Å². The molecule has 0 atom stereocenters. The fraction of sp³-hybridized carbons (Fsp3) is 0.0476. The van der Waals surface area contributed by atoms with E-state index in [1.54, 1.807) is 36.4 Å². The molecule has 1 aliphatic heterocycles. The molecule has 2 amide bonds. The monoisotopic (exact) mass is 473 g/mol. The number of hydrogen-bond donors (Lipinski definition) is 0. The van der Waals surface area contributed by atoms with E-state index in [9.17, 15) is 9.59 Å². The Labute approximate surface area is 179 Å². The molecule has 4 rings (SSSR count). The van der Waals surface area contributed by atoms with Crippen LogP contribution in [-0.4, -0.2) is 16.0 Å². The Balaban J connectivity index is 1.52. The van der Waals surface area contributed by atoms with Gasteiger partial charge in [0.05, 0.1) is 11.4 Å². The summed E-state index contributed by atoms with van der Waals surface area (Å²) >= 11 is 10.2. The lowest BCUT2D eigenvalue weighted by molar-refractivity contribution is -0.123. The third-order valence-electron chi connectivity index (χ3n) is 4.16. The number of rotatable bonds is 4. The maximum atomic E-state index is 12.6. The maximum Gasteiger partial charge on any atom is 0.293 e. The fourth-order valence-corrected chi connectivity index (χ4v) is 3.95. The third-order valence-corrected chi connectivity index (χ3v) is 5.84. The van der Waals surface area contributed by atoms with Gasteiger partial charge in [0, 0.05) is 21.1 Å². The number of hydrogen-bond acceptors (Lipinski definition) is 4. The quantitative estimate of drug-likeness (QED) is 0.400. The molecule has 0 spiro atoms. The highest BCUT2D eigenvalue weighted by Gasteiger charge is 2.35. The van der Waals surface area contributed by atoms with Crippen LogP contribution in [0.1, 0.15) is 11.3 Å². The molecule has 7 heteroatoms. The molecule has 0 unspecified atom stereocenters. The number of nitrogens with zero attached hydrogens (tertiary/aromatic N) is 1. The Kier molecular flexibility index (Phi) is 5.44. The van der Waals surface area contributed by atoms with Gasteiger partial charge in [0.1, 0.15) is 11.5 Å². The first-order valence-electron chi connectivity index (χ1n) is 8.35. The standard InChI is InChI=1S/C21H13BrClNO3S/c22-15-5-3-14(4-6-15)18-10-9-17(27-18)11-19-20(25)24(21(26)28-19)12-13-1-7-16(23)8-2-13/h1-11H,12H2/b19-11-. The molecule has 2 aromatic carbocycles. The van der Waals surface area contributed by atoms with E-state index in [1.807, 2.05) is 30.3 Å². The average molecular weight is 475 g/mol. The number of thioether (sulfide) groups is 1. The number of furan rings is 1. The van der Waals surface area contributed by atoms with E-state index in [1.165, 1.54) is 4.90 Å². The molecule has 0 saturated carbocycles. The third kappa shape index (κ3) is 4.09. The highest BCUT2D eigenvalue weighted by Crippen LogP contribution is 2.34. The van der Waals surface area contributed by atoms with Crippen LogP contribution < -0.4 is 0 Å². The number of imide groups is 1. The maximum absolute atomic E-state index is 12.6. The van der Waals surface area contributed by atoms with Crippen LogP contribution in [0.5, 0.6) is 0 Å². The first-order chi connectivity index (χ1) is 13.5. The predicted octanol–water partition coefficient (Wildman–Crippen LogP) is 6.60. The van der Waals surface area contributed by atoms with Crippen molar-refractivity contribution in [3.63, 3.8) is 0 Å². The van der Waals surface area contributed by atoms with Crippen molar-refractivity contribution in [2.24, 2.45) is 0 Å². The van der Waals surface area contributed by atoms with Gasteiger partial charge in [-0.15, -0.1) is 0 Å². The molecule has 28 heavy (non-hydrogen) atoms. The van der Waals surface area contributed by atoms with Crippen LogP contribution in [0, 0.1) is 0 Å². The highest BCUT2D eigenvalue weighted by molar-refractivity contribution is 9.10. The summed E-state index contributed by atoms with van der Waals surface area (Å²) < 4.78 is 6.80. The van der Waals surface area contributed by atoms with Crippen LogP contribution in [0.15, 0.2) is 74.5 Å². The first-order valence-corrected chi connectivity index (χ1v) is 10.3. The van der Waals surface area contributed by atoms with Crippen molar-refractivity contribution in [1.82, 2.24) is 4.90 Å². The van der Waals surface area contributed by atoms with Crippen molar-refractivity contribution in [3.8, 4) is 11.3 Å². The van der Waals surface area contributed by atoms with Crippen molar-refractivity contribution in [1.29, 1.82) is 0 Å². The van der Waals surface area contributed by atoms with Gasteiger partial charge in [-0.2, -0.15) is 0 Å². The van der Waals surface area contributed by atoms with Gasteiger partial charge in [-0.3, -0.25) is 14.5 Å². The topological polar surface area (TPSA) is 50.5 Å². The Morgan fingerprint density at radius 2 is 1.71 bits per heavy atom. The van der Waals surface area contributed by atoms with E-state index in [4.69, 9.17) is 16.0 Å². The Morgan fingerprint density at radius 1 is 1.00 bits per heavy atom. The molecule has 4 nitrogen and oxygen atoms in total. The van der Waals surface area contributed by atoms with Gasteiger partial charge in [-0.1, -0.05) is 51.8 Å². The number of carbonyl (C=O) groups excluding carboxylic acids is 2. The van der Waals surface area contributed by atoms with E-state index in [0.29, 0.717) is 21.4 Å². The molecule has 1 aromatic heterocycles. The van der Waals surface area contributed by atoms with Crippen LogP contribution in [0.2, 0.25) is 5.02 Å². The van der Waals surface area contributed by atoms with E-state index in [-0.39, 0.29) is 17.7 Å². The second kappa shape index (κ2) is 7.99. The van der Waals surface area contributed by atoms with Gasteiger partial charge in [0.2, 0.25) is 0 Å². The second-order valence-electron chi connectivity index (χ2n) is 6.10. The lowest BCUT2D eigenvalue weighted by Gasteiger charge is -2.12. The number of carbonyl (C=O) groups is 2. The van der Waals surface area contributed by atoms with Crippen molar-refractivity contribution < 1.29 is 14.0 Å². The number of amides is 2. The van der Waals surface area contributed by atoms with Gasteiger partial charge in [-0.25, -0.2) is 0 Å². The van der Waals surface area contributed by atoms with Crippen molar-refractivity contribution in [2.75, 3.05) is 0 Å². The minimum atomic E-state index is -0.327. The Bertz CT molecular complexity index is 1070. The summed E-state index contributed by atoms with van der Waals surface area (Å²) in [5.41, 5.74) is 1.77. The fourth-order valence-electron chi connectivity index (χ4n) is 2.74. The zero-order valence-electron chi connectivity index (χ0n) is 14.4. The molecule has 0 radical (unpaired) electrons. The molecule has 2 heterocycles. The highest BCUT2D eigenvalue weighted by atomic mass is 79.9. The van der Waals surface area contributed by atoms with Crippen LogP contribution in [0.25, 0.3) is 17.4 Å². The van der Waals surface area contributed by atoms with Crippen molar-refractivity contribution in [3.05, 3.63) is 86.4 Å².